The van der Waals surface area contributed by atoms with Crippen molar-refractivity contribution in [2.45, 2.75) is 51.0 Å². The van der Waals surface area contributed by atoms with E-state index in [0.29, 0.717) is 0 Å². The van der Waals surface area contributed by atoms with Gasteiger partial charge in [-0.25, -0.2) is 0 Å². The van der Waals surface area contributed by atoms with Crippen molar-refractivity contribution in [3.05, 3.63) is 28.3 Å². The third-order valence-electron chi connectivity index (χ3n) is 4.05. The number of hydrogen-bond acceptors (Lipinski definition) is 2. The molecule has 0 atom stereocenters. The summed E-state index contributed by atoms with van der Waals surface area (Å²) in [4.78, 5) is 0. The van der Waals surface area contributed by atoms with E-state index in [1.54, 1.807) is 7.11 Å². The van der Waals surface area contributed by atoms with Crippen LogP contribution in [0.15, 0.2) is 12.1 Å². The molecule has 18 heavy (non-hydrogen) atoms. The number of nitrogens with two attached hydrogens (primary N) is 1. The second-order valence-electron chi connectivity index (χ2n) is 5.21. The monoisotopic (exact) mass is 267 g/mol. The van der Waals surface area contributed by atoms with E-state index in [4.69, 9.17) is 22.1 Å². The Labute approximate surface area is 114 Å². The maximum Gasteiger partial charge on any atom is 0.123 e. The smallest absolute Gasteiger partial charge is 0.123 e. The predicted octanol–water partition coefficient (Wildman–Crippen LogP) is 4.03. The summed E-state index contributed by atoms with van der Waals surface area (Å²) in [6.07, 6.45) is 6.64. The minimum atomic E-state index is -0.221. The lowest BCUT2D eigenvalue weighted by atomic mass is 9.77. The Morgan fingerprint density at radius 2 is 1.94 bits per heavy atom. The average Bonchev–Trinajstić information content (AvgIpc) is 2.38. The van der Waals surface area contributed by atoms with Crippen LogP contribution in [0.5, 0.6) is 5.75 Å². The molecule has 2 rings (SSSR count). The SMILES string of the molecule is CCc1c(Cl)cc(C2(N)CCCCC2)cc1OC. The van der Waals surface area contributed by atoms with Crippen LogP contribution in [0.4, 0.5) is 0 Å². The van der Waals surface area contributed by atoms with E-state index in [0.717, 1.165) is 41.2 Å². The van der Waals surface area contributed by atoms with Crippen molar-refractivity contribution < 1.29 is 4.74 Å². The molecule has 0 amide bonds. The summed E-state index contributed by atoms with van der Waals surface area (Å²) in [5.74, 6) is 0.871. The number of hydrogen-bond donors (Lipinski definition) is 1. The van der Waals surface area contributed by atoms with Crippen molar-refractivity contribution in [3.8, 4) is 5.75 Å². The maximum atomic E-state index is 6.55. The molecule has 0 saturated heterocycles. The van der Waals surface area contributed by atoms with Crippen LogP contribution in [0.25, 0.3) is 0 Å². The van der Waals surface area contributed by atoms with Gasteiger partial charge >= 0.3 is 0 Å². The van der Waals surface area contributed by atoms with Crippen molar-refractivity contribution in [2.24, 2.45) is 5.73 Å². The van der Waals surface area contributed by atoms with Crippen LogP contribution in [-0.4, -0.2) is 7.11 Å². The molecule has 2 N–H and O–H groups in total. The van der Waals surface area contributed by atoms with Crippen molar-refractivity contribution in [2.75, 3.05) is 7.11 Å². The first-order chi connectivity index (χ1) is 8.60. The molecule has 100 valence electrons. The lowest BCUT2D eigenvalue weighted by Crippen LogP contribution is -2.38. The van der Waals surface area contributed by atoms with Gasteiger partial charge in [-0.3, -0.25) is 0 Å². The average molecular weight is 268 g/mol. The van der Waals surface area contributed by atoms with Crippen molar-refractivity contribution in [1.29, 1.82) is 0 Å². The summed E-state index contributed by atoms with van der Waals surface area (Å²) in [6.45, 7) is 2.09. The van der Waals surface area contributed by atoms with E-state index in [2.05, 4.69) is 13.0 Å². The summed E-state index contributed by atoms with van der Waals surface area (Å²) in [5, 5.41) is 0.780. The highest BCUT2D eigenvalue weighted by atomic mass is 35.5. The quantitative estimate of drug-likeness (QED) is 0.897. The van der Waals surface area contributed by atoms with E-state index in [1.807, 2.05) is 6.07 Å². The molecular weight excluding hydrogens is 246 g/mol. The lowest BCUT2D eigenvalue weighted by molar-refractivity contribution is 0.300. The number of benzene rings is 1. The van der Waals surface area contributed by atoms with Gasteiger partial charge in [-0.1, -0.05) is 37.8 Å². The summed E-state index contributed by atoms with van der Waals surface area (Å²) in [7, 11) is 1.69. The number of ether oxygens (including phenoxy) is 1. The van der Waals surface area contributed by atoms with E-state index in [-0.39, 0.29) is 5.54 Å². The number of halogens is 1. The molecule has 1 saturated carbocycles. The fourth-order valence-corrected chi connectivity index (χ4v) is 3.24. The molecule has 0 bridgehead atoms. The Hall–Kier alpha value is -0.730. The van der Waals surface area contributed by atoms with Gasteiger partial charge in [0, 0.05) is 16.1 Å². The minimum absolute atomic E-state index is 0.221. The normalized spacial score (nSPS) is 18.7. The summed E-state index contributed by atoms with van der Waals surface area (Å²) < 4.78 is 5.45. The first-order valence-electron chi connectivity index (χ1n) is 6.76. The van der Waals surface area contributed by atoms with Gasteiger partial charge in [-0.2, -0.15) is 0 Å². The Morgan fingerprint density at radius 1 is 1.28 bits per heavy atom. The third kappa shape index (κ3) is 2.50. The van der Waals surface area contributed by atoms with Crippen molar-refractivity contribution in [1.82, 2.24) is 0 Å². The van der Waals surface area contributed by atoms with Gasteiger partial charge in [0.25, 0.3) is 0 Å². The molecule has 0 unspecified atom stereocenters. The molecular formula is C15H22ClNO. The van der Waals surface area contributed by atoms with Gasteiger partial charge in [-0.05, 0) is 37.0 Å². The van der Waals surface area contributed by atoms with Gasteiger partial charge in [0.05, 0.1) is 7.11 Å². The van der Waals surface area contributed by atoms with E-state index >= 15 is 0 Å². The lowest BCUT2D eigenvalue weighted by Gasteiger charge is -2.34. The summed E-state index contributed by atoms with van der Waals surface area (Å²) in [6, 6.07) is 4.12. The third-order valence-corrected chi connectivity index (χ3v) is 4.39. The standard InChI is InChI=1S/C15H22ClNO/c1-3-12-13(16)9-11(10-14(12)18-2)15(17)7-5-4-6-8-15/h9-10H,3-8,17H2,1-2H3. The molecule has 0 spiro atoms. The second-order valence-corrected chi connectivity index (χ2v) is 5.62. The van der Waals surface area contributed by atoms with Crippen LogP contribution in [0, 0.1) is 0 Å². The molecule has 0 heterocycles. The Bertz CT molecular complexity index is 425. The maximum absolute atomic E-state index is 6.55. The molecule has 1 aliphatic rings. The molecule has 1 fully saturated rings. The number of methoxy groups -OCH3 is 1. The minimum Gasteiger partial charge on any atom is -0.496 e. The first-order valence-corrected chi connectivity index (χ1v) is 7.14. The molecule has 3 heteroatoms. The van der Waals surface area contributed by atoms with Gasteiger partial charge in [-0.15, -0.1) is 0 Å². The molecule has 2 nitrogen and oxygen atoms in total. The molecule has 1 aromatic carbocycles. The highest BCUT2D eigenvalue weighted by Gasteiger charge is 2.30. The van der Waals surface area contributed by atoms with Crippen LogP contribution >= 0.6 is 11.6 Å². The Kier molecular flexibility index (Phi) is 4.18. The topological polar surface area (TPSA) is 35.2 Å². The van der Waals surface area contributed by atoms with E-state index < -0.39 is 0 Å². The van der Waals surface area contributed by atoms with Crippen LogP contribution in [0.3, 0.4) is 0 Å². The predicted molar refractivity (Wildman–Crippen MR) is 76.3 cm³/mol. The number of rotatable bonds is 3. The zero-order valence-electron chi connectivity index (χ0n) is 11.3. The fraction of sp³-hybridized carbons (Fsp3) is 0.600. The summed E-state index contributed by atoms with van der Waals surface area (Å²) in [5.41, 5.74) is 8.53. The van der Waals surface area contributed by atoms with Crippen molar-refractivity contribution in [3.63, 3.8) is 0 Å². The van der Waals surface area contributed by atoms with Gasteiger partial charge in [0.1, 0.15) is 5.75 Å². The van der Waals surface area contributed by atoms with E-state index in [1.165, 1.54) is 19.3 Å². The molecule has 0 radical (unpaired) electrons. The fourth-order valence-electron chi connectivity index (χ4n) is 2.90. The largest absolute Gasteiger partial charge is 0.496 e. The van der Waals surface area contributed by atoms with Crippen molar-refractivity contribution >= 4 is 11.6 Å². The van der Waals surface area contributed by atoms with Gasteiger partial charge < -0.3 is 10.5 Å². The molecule has 1 aliphatic carbocycles. The second kappa shape index (κ2) is 5.50. The van der Waals surface area contributed by atoms with E-state index in [9.17, 15) is 0 Å². The molecule has 1 aromatic rings. The molecule has 0 aliphatic heterocycles. The zero-order valence-corrected chi connectivity index (χ0v) is 12.0. The Morgan fingerprint density at radius 3 is 2.50 bits per heavy atom. The van der Waals surface area contributed by atoms with Crippen LogP contribution in [-0.2, 0) is 12.0 Å². The van der Waals surface area contributed by atoms with Crippen LogP contribution in [0.2, 0.25) is 5.02 Å². The first kappa shape index (κ1) is 13.7. The Balaban J connectivity index is 2.42. The van der Waals surface area contributed by atoms with Crippen LogP contribution in [0.1, 0.15) is 50.2 Å². The van der Waals surface area contributed by atoms with Crippen LogP contribution < -0.4 is 10.5 Å². The highest BCUT2D eigenvalue weighted by molar-refractivity contribution is 6.31. The molecule has 0 aromatic heterocycles. The zero-order chi connectivity index (χ0) is 13.2. The summed E-state index contributed by atoms with van der Waals surface area (Å²) >= 11 is 6.36. The highest BCUT2D eigenvalue weighted by Crippen LogP contribution is 2.39. The van der Waals surface area contributed by atoms with Gasteiger partial charge in [0.15, 0.2) is 0 Å². The van der Waals surface area contributed by atoms with Gasteiger partial charge in [0.2, 0.25) is 0 Å².